The molecule has 0 fully saturated rings. The third kappa shape index (κ3) is 2.79. The Balaban J connectivity index is 2.02. The van der Waals surface area contributed by atoms with Gasteiger partial charge in [0, 0.05) is 11.8 Å². The predicted molar refractivity (Wildman–Crippen MR) is 59.7 cm³/mol. The Kier molecular flexibility index (Phi) is 3.15. The van der Waals surface area contributed by atoms with Crippen LogP contribution in [-0.4, -0.2) is 4.98 Å². The highest BCUT2D eigenvalue weighted by atomic mass is 19.1. The second-order valence-electron chi connectivity index (χ2n) is 3.62. The first-order valence-corrected chi connectivity index (χ1v) is 5.03. The summed E-state index contributed by atoms with van der Waals surface area (Å²) in [5, 5.41) is 0. The van der Waals surface area contributed by atoms with Gasteiger partial charge in [0.15, 0.2) is 0 Å². The molecule has 1 aromatic heterocycles. The van der Waals surface area contributed by atoms with Crippen molar-refractivity contribution < 1.29 is 9.13 Å². The van der Waals surface area contributed by atoms with Gasteiger partial charge in [0.05, 0.1) is 6.20 Å². The lowest BCUT2D eigenvalue weighted by molar-refractivity contribution is 0.305. The van der Waals surface area contributed by atoms with Crippen LogP contribution in [0.3, 0.4) is 0 Å². The van der Waals surface area contributed by atoms with E-state index in [1.807, 2.05) is 31.2 Å². The second kappa shape index (κ2) is 4.75. The number of rotatable bonds is 3. The number of pyridine rings is 1. The average Bonchev–Trinajstić information content (AvgIpc) is 2.27. The van der Waals surface area contributed by atoms with Crippen molar-refractivity contribution in [3.05, 3.63) is 59.7 Å². The summed E-state index contributed by atoms with van der Waals surface area (Å²) in [5.41, 5.74) is 1.86. The Labute approximate surface area is 93.7 Å². The van der Waals surface area contributed by atoms with Gasteiger partial charge < -0.3 is 4.74 Å². The van der Waals surface area contributed by atoms with E-state index >= 15 is 0 Å². The van der Waals surface area contributed by atoms with Gasteiger partial charge in [-0.15, -0.1) is 0 Å². The average molecular weight is 217 g/mol. The maximum absolute atomic E-state index is 12.8. The van der Waals surface area contributed by atoms with Gasteiger partial charge in [0.25, 0.3) is 0 Å². The lowest BCUT2D eigenvalue weighted by Gasteiger charge is -2.06. The Morgan fingerprint density at radius 3 is 2.88 bits per heavy atom. The van der Waals surface area contributed by atoms with Crippen LogP contribution >= 0.6 is 0 Å². The Morgan fingerprint density at radius 2 is 2.12 bits per heavy atom. The monoisotopic (exact) mass is 217 g/mol. The number of halogens is 1. The molecule has 0 saturated carbocycles. The van der Waals surface area contributed by atoms with E-state index in [-0.39, 0.29) is 5.82 Å². The van der Waals surface area contributed by atoms with Crippen LogP contribution in [0.4, 0.5) is 4.39 Å². The summed E-state index contributed by atoms with van der Waals surface area (Å²) < 4.78 is 18.4. The Bertz CT molecular complexity index is 439. The summed E-state index contributed by atoms with van der Waals surface area (Å²) in [5.74, 6) is 0.439. The van der Waals surface area contributed by atoms with Crippen molar-refractivity contribution in [3.63, 3.8) is 0 Å². The van der Waals surface area contributed by atoms with Crippen molar-refractivity contribution in [2.24, 2.45) is 0 Å². The van der Waals surface area contributed by atoms with Crippen LogP contribution in [0.15, 0.2) is 42.7 Å². The van der Waals surface area contributed by atoms with Crippen molar-refractivity contribution in [2.75, 3.05) is 0 Å². The van der Waals surface area contributed by atoms with Gasteiger partial charge in [-0.05, 0) is 30.7 Å². The molecule has 0 aliphatic carbocycles. The SMILES string of the molecule is Cc1cccc(OCc2cncc(F)c2)c1. The fourth-order valence-corrected chi connectivity index (χ4v) is 1.41. The molecule has 1 aromatic carbocycles. The maximum atomic E-state index is 12.8. The van der Waals surface area contributed by atoms with Crippen molar-refractivity contribution in [2.45, 2.75) is 13.5 Å². The number of hydrogen-bond donors (Lipinski definition) is 0. The molecule has 1 heterocycles. The van der Waals surface area contributed by atoms with Crippen LogP contribution in [0.2, 0.25) is 0 Å². The highest BCUT2D eigenvalue weighted by molar-refractivity contribution is 5.27. The van der Waals surface area contributed by atoms with E-state index in [0.717, 1.165) is 16.9 Å². The predicted octanol–water partition coefficient (Wildman–Crippen LogP) is 3.11. The molecule has 0 aliphatic heterocycles. The van der Waals surface area contributed by atoms with Crippen LogP contribution in [0.5, 0.6) is 5.75 Å². The molecular formula is C13H12FNO. The zero-order chi connectivity index (χ0) is 11.4. The van der Waals surface area contributed by atoms with E-state index in [1.165, 1.54) is 12.3 Å². The van der Waals surface area contributed by atoms with E-state index in [9.17, 15) is 4.39 Å². The molecule has 0 spiro atoms. The molecule has 2 nitrogen and oxygen atoms in total. The van der Waals surface area contributed by atoms with E-state index in [1.54, 1.807) is 6.20 Å². The molecule has 82 valence electrons. The molecule has 0 radical (unpaired) electrons. The smallest absolute Gasteiger partial charge is 0.141 e. The van der Waals surface area contributed by atoms with Crippen molar-refractivity contribution in [3.8, 4) is 5.75 Å². The summed E-state index contributed by atoms with van der Waals surface area (Å²) in [7, 11) is 0. The minimum atomic E-state index is -0.342. The summed E-state index contributed by atoms with van der Waals surface area (Å²) in [6, 6.07) is 9.15. The number of ether oxygens (including phenoxy) is 1. The molecule has 3 heteroatoms. The van der Waals surface area contributed by atoms with Crippen LogP contribution in [-0.2, 0) is 6.61 Å². The van der Waals surface area contributed by atoms with Crippen molar-refractivity contribution in [1.82, 2.24) is 4.98 Å². The molecule has 0 bridgehead atoms. The zero-order valence-electron chi connectivity index (χ0n) is 8.98. The van der Waals surface area contributed by atoms with Gasteiger partial charge in [-0.25, -0.2) is 4.39 Å². The number of hydrogen-bond acceptors (Lipinski definition) is 2. The fourth-order valence-electron chi connectivity index (χ4n) is 1.41. The van der Waals surface area contributed by atoms with E-state index < -0.39 is 0 Å². The molecule has 0 N–H and O–H groups in total. The summed E-state index contributed by atoms with van der Waals surface area (Å²) in [6.07, 6.45) is 2.77. The van der Waals surface area contributed by atoms with Crippen LogP contribution < -0.4 is 4.74 Å². The number of aryl methyl sites for hydroxylation is 1. The first kappa shape index (κ1) is 10.6. The summed E-state index contributed by atoms with van der Waals surface area (Å²) in [4.78, 5) is 3.76. The first-order valence-electron chi connectivity index (χ1n) is 5.03. The van der Waals surface area contributed by atoms with E-state index in [0.29, 0.717) is 6.61 Å². The molecule has 0 aliphatic rings. The molecule has 2 rings (SSSR count). The zero-order valence-corrected chi connectivity index (χ0v) is 8.98. The number of benzene rings is 1. The molecular weight excluding hydrogens is 205 g/mol. The van der Waals surface area contributed by atoms with Crippen LogP contribution in [0, 0.1) is 12.7 Å². The number of aromatic nitrogens is 1. The molecule has 2 aromatic rings. The summed E-state index contributed by atoms with van der Waals surface area (Å²) in [6.45, 7) is 2.32. The molecule has 0 atom stereocenters. The van der Waals surface area contributed by atoms with Crippen LogP contribution in [0.1, 0.15) is 11.1 Å². The molecule has 16 heavy (non-hydrogen) atoms. The Morgan fingerprint density at radius 1 is 1.25 bits per heavy atom. The lowest BCUT2D eigenvalue weighted by Crippen LogP contribution is -1.96. The highest BCUT2D eigenvalue weighted by Gasteiger charge is 1.98. The maximum Gasteiger partial charge on any atom is 0.141 e. The van der Waals surface area contributed by atoms with Gasteiger partial charge >= 0.3 is 0 Å². The quantitative estimate of drug-likeness (QED) is 0.788. The first-order chi connectivity index (χ1) is 7.74. The van der Waals surface area contributed by atoms with Gasteiger partial charge in [-0.3, -0.25) is 4.98 Å². The largest absolute Gasteiger partial charge is 0.489 e. The van der Waals surface area contributed by atoms with Gasteiger partial charge in [0.1, 0.15) is 18.2 Å². The van der Waals surface area contributed by atoms with E-state index in [4.69, 9.17) is 4.74 Å². The fraction of sp³-hybridized carbons (Fsp3) is 0.154. The topological polar surface area (TPSA) is 22.1 Å². The van der Waals surface area contributed by atoms with E-state index in [2.05, 4.69) is 4.98 Å². The van der Waals surface area contributed by atoms with Gasteiger partial charge in [-0.2, -0.15) is 0 Å². The molecule has 0 amide bonds. The standard InChI is InChI=1S/C13H12FNO/c1-10-3-2-4-13(5-10)16-9-11-6-12(14)8-15-7-11/h2-8H,9H2,1H3. The van der Waals surface area contributed by atoms with Crippen molar-refractivity contribution >= 4 is 0 Å². The number of nitrogens with zero attached hydrogens (tertiary/aromatic N) is 1. The van der Waals surface area contributed by atoms with Gasteiger partial charge in [-0.1, -0.05) is 12.1 Å². The Hall–Kier alpha value is -1.90. The third-order valence-corrected chi connectivity index (χ3v) is 2.16. The molecule has 0 saturated heterocycles. The van der Waals surface area contributed by atoms with Gasteiger partial charge in [0.2, 0.25) is 0 Å². The summed E-state index contributed by atoms with van der Waals surface area (Å²) >= 11 is 0. The van der Waals surface area contributed by atoms with Crippen molar-refractivity contribution in [1.29, 1.82) is 0 Å². The minimum absolute atomic E-state index is 0.328. The molecule has 0 unspecified atom stereocenters. The normalized spacial score (nSPS) is 10.1. The minimum Gasteiger partial charge on any atom is -0.489 e. The second-order valence-corrected chi connectivity index (χ2v) is 3.62. The van der Waals surface area contributed by atoms with Crippen LogP contribution in [0.25, 0.3) is 0 Å². The highest BCUT2D eigenvalue weighted by Crippen LogP contribution is 2.14. The third-order valence-electron chi connectivity index (χ3n) is 2.16. The lowest BCUT2D eigenvalue weighted by atomic mass is 10.2.